The molecule has 0 unspecified atom stereocenters. The Balaban J connectivity index is 1.87. The molecule has 1 heterocycles. The first-order valence-corrected chi connectivity index (χ1v) is 9.25. The van der Waals surface area contributed by atoms with Crippen LogP contribution < -0.4 is 5.32 Å². The zero-order valence-electron chi connectivity index (χ0n) is 14.9. The van der Waals surface area contributed by atoms with Crippen LogP contribution in [0.15, 0.2) is 33.9 Å². The molecule has 0 spiro atoms. The van der Waals surface area contributed by atoms with Gasteiger partial charge >= 0.3 is 6.09 Å². The Morgan fingerprint density at radius 1 is 1.27 bits per heavy atom. The van der Waals surface area contributed by atoms with Crippen molar-refractivity contribution in [3.63, 3.8) is 0 Å². The minimum Gasteiger partial charge on any atom is -0.444 e. The van der Waals surface area contributed by atoms with E-state index in [0.29, 0.717) is 10.6 Å². The third kappa shape index (κ3) is 6.34. The lowest BCUT2D eigenvalue weighted by Crippen LogP contribution is -2.34. The molecule has 0 aliphatic heterocycles. The molecular weight excluding hydrogens is 378 g/mol. The lowest BCUT2D eigenvalue weighted by molar-refractivity contribution is 0.0499. The number of nitrogens with one attached hydrogen (secondary N) is 1. The van der Waals surface area contributed by atoms with Crippen molar-refractivity contribution >= 4 is 35.2 Å². The van der Waals surface area contributed by atoms with Gasteiger partial charge < -0.3 is 14.5 Å². The third-order valence-corrected chi connectivity index (χ3v) is 4.09. The Kier molecular flexibility index (Phi) is 6.66. The van der Waals surface area contributed by atoms with Crippen molar-refractivity contribution in [1.82, 2.24) is 15.5 Å². The molecule has 140 valence electrons. The molecule has 1 atom stereocenters. The van der Waals surface area contributed by atoms with Crippen LogP contribution in [0.2, 0.25) is 5.02 Å². The summed E-state index contributed by atoms with van der Waals surface area (Å²) in [5.41, 5.74) is -0.0385. The Labute approximate surface area is 160 Å². The smallest absolute Gasteiger partial charge is 0.408 e. The molecule has 0 radical (unpaired) electrons. The number of amides is 1. The summed E-state index contributed by atoms with van der Waals surface area (Å²) in [6, 6.07) is 6.13. The maximum absolute atomic E-state index is 12.1. The third-order valence-electron chi connectivity index (χ3n) is 3.02. The van der Waals surface area contributed by atoms with Crippen LogP contribution in [0, 0.1) is 0 Å². The van der Waals surface area contributed by atoms with Gasteiger partial charge in [-0.2, -0.15) is 0 Å². The number of hydrogen-bond acceptors (Lipinski definition) is 7. The van der Waals surface area contributed by atoms with E-state index in [-0.39, 0.29) is 22.6 Å². The fourth-order valence-corrected chi connectivity index (χ4v) is 2.64. The molecular formula is C17H20ClN3O4S. The van der Waals surface area contributed by atoms with Gasteiger partial charge in [0.15, 0.2) is 5.78 Å². The maximum Gasteiger partial charge on any atom is 0.408 e. The summed E-state index contributed by atoms with van der Waals surface area (Å²) in [5, 5.41) is 11.2. The first-order chi connectivity index (χ1) is 12.1. The van der Waals surface area contributed by atoms with Crippen molar-refractivity contribution in [3.05, 3.63) is 40.7 Å². The summed E-state index contributed by atoms with van der Waals surface area (Å²) in [6.07, 6.45) is -0.574. The zero-order chi connectivity index (χ0) is 19.3. The van der Waals surface area contributed by atoms with E-state index in [1.54, 1.807) is 52.0 Å². The normalized spacial score (nSPS) is 12.5. The molecule has 1 amide bonds. The molecule has 2 rings (SSSR count). The Morgan fingerprint density at radius 3 is 2.54 bits per heavy atom. The highest BCUT2D eigenvalue weighted by Crippen LogP contribution is 2.21. The number of Topliss-reactive ketones (excluding diaryl/α,β-unsaturated/α-hetero) is 1. The molecule has 1 aromatic carbocycles. The maximum atomic E-state index is 12.1. The molecule has 1 N–H and O–H groups in total. The molecule has 2 aromatic rings. The summed E-state index contributed by atoms with van der Waals surface area (Å²) >= 11 is 6.93. The van der Waals surface area contributed by atoms with Gasteiger partial charge in [-0.05, 0) is 52.0 Å². The van der Waals surface area contributed by atoms with Crippen LogP contribution >= 0.6 is 23.4 Å². The van der Waals surface area contributed by atoms with Gasteiger partial charge in [-0.25, -0.2) is 4.79 Å². The largest absolute Gasteiger partial charge is 0.444 e. The number of rotatable bonds is 6. The van der Waals surface area contributed by atoms with Crippen LogP contribution in [0.3, 0.4) is 0 Å². The number of aromatic nitrogens is 2. The van der Waals surface area contributed by atoms with Crippen molar-refractivity contribution in [2.24, 2.45) is 0 Å². The zero-order valence-corrected chi connectivity index (χ0v) is 16.5. The van der Waals surface area contributed by atoms with E-state index in [0.717, 1.165) is 11.8 Å². The van der Waals surface area contributed by atoms with Crippen LogP contribution in [-0.2, 0) is 4.74 Å². The van der Waals surface area contributed by atoms with E-state index in [4.69, 9.17) is 20.8 Å². The SMILES string of the molecule is C[C@H](NC(=O)OC(C)(C)C)c1nnc(SCC(=O)c2ccc(Cl)cc2)o1. The molecule has 9 heteroatoms. The van der Waals surface area contributed by atoms with Crippen molar-refractivity contribution in [2.75, 3.05) is 5.75 Å². The van der Waals surface area contributed by atoms with E-state index in [2.05, 4.69) is 15.5 Å². The number of thioether (sulfide) groups is 1. The summed E-state index contributed by atoms with van der Waals surface area (Å²) in [4.78, 5) is 23.9. The topological polar surface area (TPSA) is 94.3 Å². The minimum absolute atomic E-state index is 0.0775. The second kappa shape index (κ2) is 8.55. The van der Waals surface area contributed by atoms with Crippen LogP contribution in [0.25, 0.3) is 0 Å². The number of carbonyl (C=O) groups is 2. The van der Waals surface area contributed by atoms with Gasteiger partial charge in [0.05, 0.1) is 5.75 Å². The van der Waals surface area contributed by atoms with Crippen molar-refractivity contribution in [3.8, 4) is 0 Å². The summed E-state index contributed by atoms with van der Waals surface area (Å²) < 4.78 is 10.7. The quantitative estimate of drug-likeness (QED) is 0.574. The van der Waals surface area contributed by atoms with Gasteiger partial charge in [0.1, 0.15) is 11.6 Å². The number of halogens is 1. The van der Waals surface area contributed by atoms with Gasteiger partial charge in [0.25, 0.3) is 5.22 Å². The van der Waals surface area contributed by atoms with Gasteiger partial charge in [0, 0.05) is 10.6 Å². The van der Waals surface area contributed by atoms with Gasteiger partial charge in [-0.15, -0.1) is 10.2 Å². The second-order valence-electron chi connectivity index (χ2n) is 6.49. The molecule has 0 saturated carbocycles. The number of carbonyl (C=O) groups excluding carboxylic acids is 2. The van der Waals surface area contributed by atoms with E-state index in [9.17, 15) is 9.59 Å². The first kappa shape index (κ1) is 20.3. The van der Waals surface area contributed by atoms with Crippen LogP contribution in [0.4, 0.5) is 4.79 Å². The van der Waals surface area contributed by atoms with E-state index >= 15 is 0 Å². The Bertz CT molecular complexity index is 771. The summed E-state index contributed by atoms with van der Waals surface area (Å²) in [5.74, 6) is 0.306. The highest BCUT2D eigenvalue weighted by atomic mass is 35.5. The van der Waals surface area contributed by atoms with Gasteiger partial charge in [-0.1, -0.05) is 23.4 Å². The molecule has 0 saturated heterocycles. The highest BCUT2D eigenvalue weighted by molar-refractivity contribution is 7.99. The van der Waals surface area contributed by atoms with Gasteiger partial charge in [0.2, 0.25) is 5.89 Å². The second-order valence-corrected chi connectivity index (χ2v) is 7.86. The monoisotopic (exact) mass is 397 g/mol. The van der Waals surface area contributed by atoms with E-state index < -0.39 is 17.7 Å². The van der Waals surface area contributed by atoms with Crippen LogP contribution in [0.1, 0.15) is 50.0 Å². The average molecular weight is 398 g/mol. The van der Waals surface area contributed by atoms with Crippen molar-refractivity contribution < 1.29 is 18.7 Å². The first-order valence-electron chi connectivity index (χ1n) is 7.88. The molecule has 0 bridgehead atoms. The van der Waals surface area contributed by atoms with E-state index in [1.165, 1.54) is 0 Å². The van der Waals surface area contributed by atoms with E-state index in [1.807, 2.05) is 0 Å². The number of benzene rings is 1. The highest BCUT2D eigenvalue weighted by Gasteiger charge is 2.21. The number of hydrogen-bond donors (Lipinski definition) is 1. The lowest BCUT2D eigenvalue weighted by atomic mass is 10.1. The van der Waals surface area contributed by atoms with Crippen molar-refractivity contribution in [2.45, 2.75) is 44.6 Å². The number of alkyl carbamates (subject to hydrolysis) is 1. The fraction of sp³-hybridized carbons (Fsp3) is 0.412. The predicted octanol–water partition coefficient (Wildman–Crippen LogP) is 4.28. The number of ketones is 1. The average Bonchev–Trinajstić information content (AvgIpc) is 3.00. The Hall–Kier alpha value is -2.06. The summed E-state index contributed by atoms with van der Waals surface area (Å²) in [6.45, 7) is 7.02. The molecule has 0 aliphatic carbocycles. The number of nitrogens with zero attached hydrogens (tertiary/aromatic N) is 2. The minimum atomic E-state index is -0.596. The molecule has 0 aliphatic rings. The molecule has 1 aromatic heterocycles. The molecule has 26 heavy (non-hydrogen) atoms. The summed E-state index contributed by atoms with van der Waals surface area (Å²) in [7, 11) is 0. The van der Waals surface area contributed by atoms with Crippen LogP contribution in [-0.4, -0.2) is 33.4 Å². The Morgan fingerprint density at radius 2 is 1.92 bits per heavy atom. The molecule has 0 fully saturated rings. The molecule has 7 nitrogen and oxygen atoms in total. The van der Waals surface area contributed by atoms with Crippen LogP contribution in [0.5, 0.6) is 0 Å². The van der Waals surface area contributed by atoms with Crippen molar-refractivity contribution in [1.29, 1.82) is 0 Å². The fourth-order valence-electron chi connectivity index (χ4n) is 1.85. The van der Waals surface area contributed by atoms with Gasteiger partial charge in [-0.3, -0.25) is 4.79 Å². The standard InChI is InChI=1S/C17H20ClN3O4S/c1-10(19-15(23)25-17(2,3)4)14-20-21-16(24-14)26-9-13(22)11-5-7-12(18)8-6-11/h5-8,10H,9H2,1-4H3,(H,19,23)/t10-/m0/s1. The predicted molar refractivity (Wildman–Crippen MR) is 98.6 cm³/mol. The lowest BCUT2D eigenvalue weighted by Gasteiger charge is -2.20. The number of ether oxygens (including phenoxy) is 1.